The number of carbonyl (C=O) groups excluding carboxylic acids is 2. The smallest absolute Gasteiger partial charge is 0.332 e. The summed E-state index contributed by atoms with van der Waals surface area (Å²) in [4.78, 5) is 24.9. The lowest BCUT2D eigenvalue weighted by molar-refractivity contribution is -0.204. The monoisotopic (exact) mass is 301 g/mol. The number of amides is 1. The SMILES string of the molecule is O=C(NOC(=O)C(F)(F)F)c1ccccc1C(F)(F)F. The van der Waals surface area contributed by atoms with Crippen LogP contribution in [0.1, 0.15) is 15.9 Å². The molecule has 0 saturated heterocycles. The summed E-state index contributed by atoms with van der Waals surface area (Å²) < 4.78 is 72.9. The van der Waals surface area contributed by atoms with E-state index in [-0.39, 0.29) is 0 Å². The van der Waals surface area contributed by atoms with Crippen molar-refractivity contribution in [3.8, 4) is 0 Å². The molecule has 0 fully saturated rings. The topological polar surface area (TPSA) is 55.4 Å². The molecule has 0 bridgehead atoms. The highest BCUT2D eigenvalue weighted by atomic mass is 19.4. The Hall–Kier alpha value is -2.26. The van der Waals surface area contributed by atoms with Gasteiger partial charge in [0.05, 0.1) is 11.1 Å². The van der Waals surface area contributed by atoms with Gasteiger partial charge in [0.25, 0.3) is 5.91 Å². The Morgan fingerprint density at radius 2 is 1.55 bits per heavy atom. The summed E-state index contributed by atoms with van der Waals surface area (Å²) in [6.07, 6.45) is -10.3. The lowest BCUT2D eigenvalue weighted by Gasteiger charge is -2.12. The van der Waals surface area contributed by atoms with Gasteiger partial charge in [-0.3, -0.25) is 4.79 Å². The predicted octanol–water partition coefficient (Wildman–Crippen LogP) is 2.46. The molecule has 0 radical (unpaired) electrons. The molecular formula is C10H5F6NO3. The van der Waals surface area contributed by atoms with Gasteiger partial charge in [-0.15, -0.1) is 0 Å². The van der Waals surface area contributed by atoms with Crippen LogP contribution in [0.2, 0.25) is 0 Å². The van der Waals surface area contributed by atoms with Crippen LogP contribution in [0, 0.1) is 0 Å². The minimum absolute atomic E-state index is 0.556. The first-order valence-corrected chi connectivity index (χ1v) is 4.78. The Morgan fingerprint density at radius 1 is 1.00 bits per heavy atom. The second kappa shape index (κ2) is 5.39. The fourth-order valence-electron chi connectivity index (χ4n) is 1.13. The summed E-state index contributed by atoms with van der Waals surface area (Å²) in [6, 6.07) is 3.33. The number of rotatable bonds is 1. The molecule has 1 N–H and O–H groups in total. The van der Waals surface area contributed by atoms with Crippen LogP contribution < -0.4 is 5.48 Å². The van der Waals surface area contributed by atoms with Crippen molar-refractivity contribution < 1.29 is 40.8 Å². The summed E-state index contributed by atoms with van der Waals surface area (Å²) in [7, 11) is 0. The van der Waals surface area contributed by atoms with Gasteiger partial charge in [0.1, 0.15) is 0 Å². The van der Waals surface area contributed by atoms with Gasteiger partial charge >= 0.3 is 18.3 Å². The van der Waals surface area contributed by atoms with Gasteiger partial charge in [-0.05, 0) is 12.1 Å². The molecular weight excluding hydrogens is 296 g/mol. The van der Waals surface area contributed by atoms with Crippen LogP contribution in [0.25, 0.3) is 0 Å². The zero-order valence-corrected chi connectivity index (χ0v) is 9.30. The highest BCUT2D eigenvalue weighted by Crippen LogP contribution is 2.31. The zero-order chi connectivity index (χ0) is 15.6. The average Bonchev–Trinajstić information content (AvgIpc) is 2.33. The number of hydrogen-bond donors (Lipinski definition) is 1. The molecule has 10 heteroatoms. The van der Waals surface area contributed by atoms with Crippen LogP contribution in [0.5, 0.6) is 0 Å². The molecule has 110 valence electrons. The molecule has 0 heterocycles. The molecule has 1 aromatic rings. The normalized spacial score (nSPS) is 11.9. The van der Waals surface area contributed by atoms with Crippen molar-refractivity contribution in [1.82, 2.24) is 5.48 Å². The van der Waals surface area contributed by atoms with Gasteiger partial charge < -0.3 is 4.84 Å². The first kappa shape index (κ1) is 15.8. The maximum atomic E-state index is 12.5. The van der Waals surface area contributed by atoms with Gasteiger partial charge in [0.15, 0.2) is 0 Å². The molecule has 0 atom stereocenters. The molecule has 0 saturated carbocycles. The summed E-state index contributed by atoms with van der Waals surface area (Å²) in [5, 5.41) is 0. The Labute approximate surface area is 107 Å². The van der Waals surface area contributed by atoms with Crippen molar-refractivity contribution in [2.45, 2.75) is 12.4 Å². The number of halogens is 6. The van der Waals surface area contributed by atoms with E-state index in [9.17, 15) is 35.9 Å². The van der Waals surface area contributed by atoms with E-state index in [0.29, 0.717) is 6.07 Å². The molecule has 0 aliphatic carbocycles. The number of carbonyl (C=O) groups is 2. The number of nitrogens with one attached hydrogen (secondary N) is 1. The van der Waals surface area contributed by atoms with Crippen LogP contribution in [-0.4, -0.2) is 18.1 Å². The van der Waals surface area contributed by atoms with Gasteiger partial charge in [-0.2, -0.15) is 31.8 Å². The lowest BCUT2D eigenvalue weighted by Crippen LogP contribution is -2.35. The third-order valence-electron chi connectivity index (χ3n) is 1.94. The van der Waals surface area contributed by atoms with E-state index in [4.69, 9.17) is 0 Å². The van der Waals surface area contributed by atoms with Crippen molar-refractivity contribution in [2.24, 2.45) is 0 Å². The van der Waals surface area contributed by atoms with Crippen LogP contribution >= 0.6 is 0 Å². The maximum Gasteiger partial charge on any atom is 0.493 e. The molecule has 0 aliphatic rings. The molecule has 0 aromatic heterocycles. The van der Waals surface area contributed by atoms with Crippen molar-refractivity contribution in [2.75, 3.05) is 0 Å². The third-order valence-corrected chi connectivity index (χ3v) is 1.94. The average molecular weight is 301 g/mol. The Balaban J connectivity index is 2.87. The fraction of sp³-hybridized carbons (Fsp3) is 0.200. The molecule has 0 aliphatic heterocycles. The molecule has 4 nitrogen and oxygen atoms in total. The minimum atomic E-state index is -5.38. The number of alkyl halides is 6. The predicted molar refractivity (Wildman–Crippen MR) is 51.1 cm³/mol. The van der Waals surface area contributed by atoms with Crippen molar-refractivity contribution in [3.05, 3.63) is 35.4 Å². The van der Waals surface area contributed by atoms with E-state index < -0.39 is 35.4 Å². The van der Waals surface area contributed by atoms with E-state index in [2.05, 4.69) is 4.84 Å². The van der Waals surface area contributed by atoms with E-state index in [0.717, 1.165) is 23.7 Å². The van der Waals surface area contributed by atoms with Gasteiger partial charge in [0, 0.05) is 0 Å². The maximum absolute atomic E-state index is 12.5. The first-order chi connectivity index (χ1) is 9.03. The number of benzene rings is 1. The lowest BCUT2D eigenvalue weighted by atomic mass is 10.1. The van der Waals surface area contributed by atoms with Crippen molar-refractivity contribution >= 4 is 11.9 Å². The molecule has 1 rings (SSSR count). The van der Waals surface area contributed by atoms with E-state index >= 15 is 0 Å². The second-order valence-electron chi connectivity index (χ2n) is 3.36. The van der Waals surface area contributed by atoms with E-state index in [1.807, 2.05) is 0 Å². The second-order valence-corrected chi connectivity index (χ2v) is 3.36. The number of hydroxylamine groups is 1. The quantitative estimate of drug-likeness (QED) is 0.640. The van der Waals surface area contributed by atoms with Gasteiger partial charge in [-0.25, -0.2) is 4.79 Å². The molecule has 0 unspecified atom stereocenters. The highest BCUT2D eigenvalue weighted by molar-refractivity contribution is 5.96. The minimum Gasteiger partial charge on any atom is -0.332 e. The van der Waals surface area contributed by atoms with Gasteiger partial charge in [0.2, 0.25) is 0 Å². The van der Waals surface area contributed by atoms with E-state index in [1.165, 1.54) is 0 Å². The summed E-state index contributed by atoms with van der Waals surface area (Å²) in [5.41, 5.74) is -1.34. The Morgan fingerprint density at radius 3 is 2.05 bits per heavy atom. The van der Waals surface area contributed by atoms with Crippen molar-refractivity contribution in [1.29, 1.82) is 0 Å². The fourth-order valence-corrected chi connectivity index (χ4v) is 1.13. The highest BCUT2D eigenvalue weighted by Gasteiger charge is 2.42. The largest absolute Gasteiger partial charge is 0.493 e. The van der Waals surface area contributed by atoms with Crippen LogP contribution in [0.4, 0.5) is 26.3 Å². The molecule has 1 amide bonds. The van der Waals surface area contributed by atoms with Gasteiger partial charge in [-0.1, -0.05) is 12.1 Å². The van der Waals surface area contributed by atoms with Crippen LogP contribution in [0.15, 0.2) is 24.3 Å². The third kappa shape index (κ3) is 3.87. The molecule has 0 spiro atoms. The standard InChI is InChI=1S/C10H5F6NO3/c11-9(12,13)6-4-2-1-3-5(6)7(18)17-20-8(19)10(14,15)16/h1-4H,(H,17,18). The Kier molecular flexibility index (Phi) is 4.26. The Bertz CT molecular complexity index is 522. The molecule has 20 heavy (non-hydrogen) atoms. The number of hydrogen-bond acceptors (Lipinski definition) is 3. The van der Waals surface area contributed by atoms with Crippen molar-refractivity contribution in [3.63, 3.8) is 0 Å². The van der Waals surface area contributed by atoms with Crippen LogP contribution in [0.3, 0.4) is 0 Å². The molecule has 1 aromatic carbocycles. The summed E-state index contributed by atoms with van der Waals surface area (Å²) >= 11 is 0. The zero-order valence-electron chi connectivity index (χ0n) is 9.30. The summed E-state index contributed by atoms with van der Waals surface area (Å²) in [6.45, 7) is 0. The van der Waals surface area contributed by atoms with E-state index in [1.54, 1.807) is 0 Å². The first-order valence-electron chi connectivity index (χ1n) is 4.78. The summed E-state index contributed by atoms with van der Waals surface area (Å²) in [5.74, 6) is -4.38. The van der Waals surface area contributed by atoms with Crippen LogP contribution in [-0.2, 0) is 15.8 Å².